The minimum Gasteiger partial charge on any atom is -0.373 e. The van der Waals surface area contributed by atoms with Crippen LogP contribution >= 0.6 is 11.3 Å². The normalized spacial score (nSPS) is 21.2. The summed E-state index contributed by atoms with van der Waals surface area (Å²) >= 11 is 1.93. The van der Waals surface area contributed by atoms with Gasteiger partial charge in [0.05, 0.1) is 22.3 Å². The summed E-state index contributed by atoms with van der Waals surface area (Å²) in [4.78, 5) is 5.26. The van der Waals surface area contributed by atoms with E-state index in [1.807, 2.05) is 11.3 Å². The molecule has 5 nitrogen and oxygen atoms in total. The van der Waals surface area contributed by atoms with E-state index in [1.165, 1.54) is 71.2 Å². The lowest BCUT2D eigenvalue weighted by Gasteiger charge is -2.38. The van der Waals surface area contributed by atoms with E-state index >= 15 is 0 Å². The van der Waals surface area contributed by atoms with Crippen molar-refractivity contribution in [2.24, 2.45) is 0 Å². The zero-order valence-electron chi connectivity index (χ0n) is 19.6. The van der Waals surface area contributed by atoms with E-state index in [0.29, 0.717) is 0 Å². The summed E-state index contributed by atoms with van der Waals surface area (Å²) in [6.45, 7) is 12.3. The maximum absolute atomic E-state index is 3.83. The number of rotatable bonds is 7. The van der Waals surface area contributed by atoms with Crippen molar-refractivity contribution in [3.05, 3.63) is 51.7 Å². The van der Waals surface area contributed by atoms with Crippen molar-refractivity contribution in [2.75, 3.05) is 56.0 Å². The second-order valence-corrected chi connectivity index (χ2v) is 10.5. The number of hydrogen-bond donors (Lipinski definition) is 2. The number of anilines is 2. The van der Waals surface area contributed by atoms with Gasteiger partial charge in [-0.15, -0.1) is 11.3 Å². The van der Waals surface area contributed by atoms with Gasteiger partial charge in [0, 0.05) is 56.4 Å². The van der Waals surface area contributed by atoms with E-state index in [0.717, 1.165) is 32.7 Å². The van der Waals surface area contributed by atoms with Crippen molar-refractivity contribution < 1.29 is 0 Å². The minimum atomic E-state index is 0.204. The van der Waals surface area contributed by atoms with Crippen molar-refractivity contribution in [2.45, 2.75) is 45.6 Å². The molecule has 3 aliphatic heterocycles. The van der Waals surface area contributed by atoms with E-state index in [-0.39, 0.29) is 6.04 Å². The highest BCUT2D eigenvalue weighted by atomic mass is 32.1. The monoisotopic (exact) mass is 451 g/mol. The van der Waals surface area contributed by atoms with Crippen LogP contribution in [-0.2, 0) is 0 Å². The Labute approximate surface area is 197 Å². The maximum atomic E-state index is 3.83. The first-order valence-corrected chi connectivity index (χ1v) is 13.2. The predicted octanol–water partition coefficient (Wildman–Crippen LogP) is 5.09. The zero-order valence-corrected chi connectivity index (χ0v) is 20.4. The Bertz CT molecular complexity index is 922. The highest BCUT2D eigenvalue weighted by Crippen LogP contribution is 2.43. The van der Waals surface area contributed by atoms with E-state index in [2.05, 4.69) is 75.8 Å². The molecule has 0 spiro atoms. The molecule has 1 atom stereocenters. The average Bonchev–Trinajstić information content (AvgIpc) is 3.49. The van der Waals surface area contributed by atoms with Crippen LogP contribution in [0.25, 0.3) is 5.70 Å². The first-order chi connectivity index (χ1) is 15.7. The average molecular weight is 452 g/mol. The summed E-state index contributed by atoms with van der Waals surface area (Å²) in [5.41, 5.74) is 5.38. The molecule has 0 amide bonds. The van der Waals surface area contributed by atoms with Gasteiger partial charge in [-0.05, 0) is 56.0 Å². The quantitative estimate of drug-likeness (QED) is 0.613. The molecule has 5 rings (SSSR count). The van der Waals surface area contributed by atoms with Crippen molar-refractivity contribution in [1.82, 2.24) is 15.3 Å². The van der Waals surface area contributed by atoms with Gasteiger partial charge in [0.2, 0.25) is 0 Å². The van der Waals surface area contributed by atoms with Gasteiger partial charge in [0.1, 0.15) is 0 Å². The molecule has 2 N–H and O–H groups in total. The molecule has 0 aliphatic carbocycles. The molecule has 2 fully saturated rings. The first kappa shape index (κ1) is 21.8. The van der Waals surface area contributed by atoms with E-state index < -0.39 is 0 Å². The molecule has 32 heavy (non-hydrogen) atoms. The summed E-state index contributed by atoms with van der Waals surface area (Å²) < 4.78 is 0. The molecule has 0 saturated carbocycles. The fraction of sp³-hybridized carbons (Fsp3) is 0.538. The second kappa shape index (κ2) is 9.86. The van der Waals surface area contributed by atoms with Crippen LogP contribution < -0.4 is 15.5 Å². The van der Waals surface area contributed by atoms with Crippen LogP contribution in [0.5, 0.6) is 0 Å². The topological polar surface area (TPSA) is 33.8 Å². The van der Waals surface area contributed by atoms with Crippen LogP contribution in [-0.4, -0.2) is 55.8 Å². The lowest BCUT2D eigenvalue weighted by Crippen LogP contribution is -2.43. The smallest absolute Gasteiger partial charge is 0.0749 e. The molecule has 2 aromatic rings. The molecule has 6 heteroatoms. The molecular formula is C26H37N5S. The lowest BCUT2D eigenvalue weighted by molar-refractivity contribution is 0.0601. The molecule has 0 bridgehead atoms. The minimum absolute atomic E-state index is 0.204. The molecule has 172 valence electrons. The summed E-state index contributed by atoms with van der Waals surface area (Å²) in [6.07, 6.45) is 7.54. The van der Waals surface area contributed by atoms with Gasteiger partial charge in [-0.2, -0.15) is 0 Å². The number of aryl methyl sites for hydroxylation is 1. The van der Waals surface area contributed by atoms with E-state index in [4.69, 9.17) is 0 Å². The summed E-state index contributed by atoms with van der Waals surface area (Å²) in [5, 5.41) is 12.5. The van der Waals surface area contributed by atoms with Crippen LogP contribution in [0.3, 0.4) is 0 Å². The van der Waals surface area contributed by atoms with Gasteiger partial charge in [0.25, 0.3) is 0 Å². The van der Waals surface area contributed by atoms with Crippen LogP contribution in [0.4, 0.5) is 11.4 Å². The van der Waals surface area contributed by atoms with Gasteiger partial charge in [0.15, 0.2) is 0 Å². The van der Waals surface area contributed by atoms with Crippen molar-refractivity contribution in [3.8, 4) is 0 Å². The number of fused-ring (bicyclic) bond motifs is 1. The third-order valence-corrected chi connectivity index (χ3v) is 7.96. The number of thiophene rings is 1. The number of benzene rings is 1. The molecule has 1 unspecified atom stereocenters. The molecule has 4 heterocycles. The summed E-state index contributed by atoms with van der Waals surface area (Å²) in [6, 6.07) is 11.8. The molecule has 1 aromatic carbocycles. The number of piperazine rings is 1. The SMILES string of the molecule is CCCCN(C1=CC(c2ccc(N3CCNCC3)cc2)Nc2cc(C)sc21)N1CCCC1. The number of hydrogen-bond acceptors (Lipinski definition) is 6. The Balaban J connectivity index is 1.45. The van der Waals surface area contributed by atoms with Crippen LogP contribution in [0.2, 0.25) is 0 Å². The number of hydrazine groups is 1. The highest BCUT2D eigenvalue weighted by molar-refractivity contribution is 7.13. The van der Waals surface area contributed by atoms with Crippen LogP contribution in [0, 0.1) is 6.92 Å². The summed E-state index contributed by atoms with van der Waals surface area (Å²) in [5.74, 6) is 0. The van der Waals surface area contributed by atoms with E-state index in [1.54, 1.807) is 0 Å². The Morgan fingerprint density at radius 1 is 1.06 bits per heavy atom. The Morgan fingerprint density at radius 2 is 1.81 bits per heavy atom. The van der Waals surface area contributed by atoms with Crippen LogP contribution in [0.15, 0.2) is 36.4 Å². The largest absolute Gasteiger partial charge is 0.373 e. The van der Waals surface area contributed by atoms with Crippen molar-refractivity contribution in [3.63, 3.8) is 0 Å². The van der Waals surface area contributed by atoms with Crippen molar-refractivity contribution >= 4 is 28.4 Å². The lowest BCUT2D eigenvalue weighted by atomic mass is 10.0. The highest BCUT2D eigenvalue weighted by Gasteiger charge is 2.29. The second-order valence-electron chi connectivity index (χ2n) is 9.24. The van der Waals surface area contributed by atoms with Gasteiger partial charge in [-0.3, -0.25) is 0 Å². The number of nitrogens with zero attached hydrogens (tertiary/aromatic N) is 3. The van der Waals surface area contributed by atoms with Gasteiger partial charge in [-0.1, -0.05) is 25.5 Å². The zero-order chi connectivity index (χ0) is 21.9. The molecule has 3 aliphatic rings. The third kappa shape index (κ3) is 4.54. The fourth-order valence-electron chi connectivity index (χ4n) is 5.12. The Kier molecular flexibility index (Phi) is 6.72. The van der Waals surface area contributed by atoms with Gasteiger partial charge >= 0.3 is 0 Å². The molecule has 2 saturated heterocycles. The number of nitrogens with one attached hydrogen (secondary N) is 2. The van der Waals surface area contributed by atoms with Gasteiger partial charge in [-0.25, -0.2) is 5.01 Å². The molecule has 0 radical (unpaired) electrons. The predicted molar refractivity (Wildman–Crippen MR) is 137 cm³/mol. The standard InChI is InChI=1S/C26H37N5S/c1-3-4-15-31(30-13-5-6-14-30)25-19-23(28-24-18-20(2)32-26(24)25)21-7-9-22(10-8-21)29-16-11-27-12-17-29/h7-10,18-19,23,27-28H,3-6,11-17H2,1-2H3. The van der Waals surface area contributed by atoms with Crippen LogP contribution in [0.1, 0.15) is 54.0 Å². The van der Waals surface area contributed by atoms with Gasteiger partial charge < -0.3 is 20.5 Å². The molecule has 1 aromatic heterocycles. The van der Waals surface area contributed by atoms with E-state index in [9.17, 15) is 0 Å². The Hall–Kier alpha value is -2.02. The number of unbranched alkanes of at least 4 members (excludes halogenated alkanes) is 1. The third-order valence-electron chi connectivity index (χ3n) is 6.88. The fourth-order valence-corrected chi connectivity index (χ4v) is 6.12. The Morgan fingerprint density at radius 3 is 2.53 bits per heavy atom. The first-order valence-electron chi connectivity index (χ1n) is 12.4. The summed E-state index contributed by atoms with van der Waals surface area (Å²) in [7, 11) is 0. The molecular weight excluding hydrogens is 414 g/mol. The van der Waals surface area contributed by atoms with Crippen molar-refractivity contribution in [1.29, 1.82) is 0 Å². The maximum Gasteiger partial charge on any atom is 0.0749 e.